The Morgan fingerprint density at radius 3 is 2.75 bits per heavy atom. The Hall–Kier alpha value is -2.80. The van der Waals surface area contributed by atoms with Crippen LogP contribution in [0, 0.1) is 0 Å². The minimum atomic E-state index is -0.188. The number of hydrogen-bond donors (Lipinski definition) is 1. The van der Waals surface area contributed by atoms with Crippen molar-refractivity contribution in [1.82, 2.24) is 4.98 Å². The Kier molecular flexibility index (Phi) is 5.34. The van der Waals surface area contributed by atoms with Gasteiger partial charge in [0.15, 0.2) is 16.6 Å². The number of rotatable bonds is 6. The second-order valence-corrected chi connectivity index (χ2v) is 7.63. The van der Waals surface area contributed by atoms with E-state index in [4.69, 9.17) is 14.5 Å². The number of fused-ring (bicyclic) bond motifs is 1. The lowest BCUT2D eigenvalue weighted by atomic mass is 10.2. The first-order valence-corrected chi connectivity index (χ1v) is 10.3. The van der Waals surface area contributed by atoms with E-state index in [1.165, 1.54) is 12.8 Å². The van der Waals surface area contributed by atoms with E-state index in [-0.39, 0.29) is 5.91 Å². The number of nitrogens with zero attached hydrogens (tertiary/aromatic N) is 2. The molecule has 1 aromatic heterocycles. The highest BCUT2D eigenvalue weighted by atomic mass is 32.1. The summed E-state index contributed by atoms with van der Waals surface area (Å²) >= 11 is 1.67. The quantitative estimate of drug-likeness (QED) is 0.661. The van der Waals surface area contributed by atoms with Crippen molar-refractivity contribution in [2.75, 3.05) is 37.0 Å². The average molecular weight is 398 g/mol. The van der Waals surface area contributed by atoms with Gasteiger partial charge < -0.3 is 19.7 Å². The molecule has 2 heterocycles. The molecule has 7 heteroatoms. The van der Waals surface area contributed by atoms with E-state index in [0.717, 1.165) is 34.1 Å². The predicted molar refractivity (Wildman–Crippen MR) is 113 cm³/mol. The summed E-state index contributed by atoms with van der Waals surface area (Å²) in [6.45, 7) is 4.54. The van der Waals surface area contributed by atoms with Gasteiger partial charge in [-0.25, -0.2) is 4.98 Å². The molecule has 1 aliphatic rings. The van der Waals surface area contributed by atoms with E-state index in [2.05, 4.69) is 10.2 Å². The van der Waals surface area contributed by atoms with Crippen LogP contribution in [0.25, 0.3) is 10.2 Å². The zero-order chi connectivity index (χ0) is 19.5. The molecular weight excluding hydrogens is 374 g/mol. The molecule has 0 saturated carbocycles. The fourth-order valence-electron chi connectivity index (χ4n) is 3.32. The van der Waals surface area contributed by atoms with Crippen LogP contribution in [-0.2, 0) is 0 Å². The van der Waals surface area contributed by atoms with Crippen molar-refractivity contribution in [3.8, 4) is 11.5 Å². The normalized spacial score (nSPS) is 13.7. The molecule has 146 valence electrons. The van der Waals surface area contributed by atoms with Gasteiger partial charge in [-0.15, -0.1) is 0 Å². The van der Waals surface area contributed by atoms with Gasteiger partial charge in [0.1, 0.15) is 0 Å². The van der Waals surface area contributed by atoms with Gasteiger partial charge >= 0.3 is 0 Å². The lowest BCUT2D eigenvalue weighted by Crippen LogP contribution is -2.16. The minimum absolute atomic E-state index is 0.188. The standard InChI is InChI=1S/C21H23N3O3S/c1-3-27-18-12-14(6-9-17(18)26-2)20(25)22-15-7-8-16-19(13-15)28-21(23-16)24-10-4-5-11-24/h6-9,12-13H,3-5,10-11H2,1-2H3,(H,22,25). The number of hydrogen-bond acceptors (Lipinski definition) is 6. The molecule has 0 aliphatic carbocycles. The van der Waals surface area contributed by atoms with E-state index in [0.29, 0.717) is 23.7 Å². The number of nitrogens with one attached hydrogen (secondary N) is 1. The first-order chi connectivity index (χ1) is 13.7. The summed E-state index contributed by atoms with van der Waals surface area (Å²) in [6, 6.07) is 11.0. The maximum atomic E-state index is 12.7. The highest BCUT2D eigenvalue weighted by Gasteiger charge is 2.17. The van der Waals surface area contributed by atoms with Crippen molar-refractivity contribution in [3.63, 3.8) is 0 Å². The molecule has 0 radical (unpaired) electrons. The number of amides is 1. The van der Waals surface area contributed by atoms with Crippen LogP contribution in [0.5, 0.6) is 11.5 Å². The molecule has 1 saturated heterocycles. The maximum absolute atomic E-state index is 12.7. The summed E-state index contributed by atoms with van der Waals surface area (Å²) in [4.78, 5) is 19.7. The minimum Gasteiger partial charge on any atom is -0.493 e. The number of carbonyl (C=O) groups is 1. The summed E-state index contributed by atoms with van der Waals surface area (Å²) in [7, 11) is 1.58. The van der Waals surface area contributed by atoms with Crippen LogP contribution in [0.15, 0.2) is 36.4 Å². The zero-order valence-electron chi connectivity index (χ0n) is 16.0. The van der Waals surface area contributed by atoms with Crippen LogP contribution in [0.1, 0.15) is 30.1 Å². The number of ether oxygens (including phenoxy) is 2. The van der Waals surface area contributed by atoms with Crippen molar-refractivity contribution in [1.29, 1.82) is 0 Å². The van der Waals surface area contributed by atoms with Gasteiger partial charge in [-0.3, -0.25) is 4.79 Å². The molecule has 0 atom stereocenters. The van der Waals surface area contributed by atoms with Crippen LogP contribution >= 0.6 is 11.3 Å². The Balaban J connectivity index is 1.54. The smallest absolute Gasteiger partial charge is 0.255 e. The molecule has 6 nitrogen and oxygen atoms in total. The summed E-state index contributed by atoms with van der Waals surface area (Å²) < 4.78 is 11.9. The summed E-state index contributed by atoms with van der Waals surface area (Å²) in [6.07, 6.45) is 2.45. The maximum Gasteiger partial charge on any atom is 0.255 e. The van der Waals surface area contributed by atoms with Gasteiger partial charge in [-0.1, -0.05) is 11.3 Å². The number of aromatic nitrogens is 1. The first kappa shape index (κ1) is 18.6. The second-order valence-electron chi connectivity index (χ2n) is 6.63. The molecule has 1 N–H and O–H groups in total. The van der Waals surface area contributed by atoms with Crippen molar-refractivity contribution in [2.45, 2.75) is 19.8 Å². The fourth-order valence-corrected chi connectivity index (χ4v) is 4.38. The van der Waals surface area contributed by atoms with Crippen LogP contribution in [0.4, 0.5) is 10.8 Å². The first-order valence-electron chi connectivity index (χ1n) is 9.45. The molecule has 1 fully saturated rings. The molecule has 3 aromatic rings. The highest BCUT2D eigenvalue weighted by molar-refractivity contribution is 7.22. The Morgan fingerprint density at radius 1 is 1.18 bits per heavy atom. The molecule has 0 bridgehead atoms. The van der Waals surface area contributed by atoms with Crippen molar-refractivity contribution >= 4 is 38.3 Å². The largest absolute Gasteiger partial charge is 0.493 e. The number of anilines is 2. The van der Waals surface area contributed by atoms with Gasteiger partial charge in [0.25, 0.3) is 5.91 Å². The molecule has 28 heavy (non-hydrogen) atoms. The van der Waals surface area contributed by atoms with E-state index in [1.807, 2.05) is 25.1 Å². The number of carbonyl (C=O) groups excluding carboxylic acids is 1. The van der Waals surface area contributed by atoms with Crippen molar-refractivity contribution in [3.05, 3.63) is 42.0 Å². The molecule has 2 aromatic carbocycles. The van der Waals surface area contributed by atoms with Crippen LogP contribution in [0.3, 0.4) is 0 Å². The number of thiazole rings is 1. The molecule has 0 unspecified atom stereocenters. The van der Waals surface area contributed by atoms with Gasteiger partial charge in [-0.05, 0) is 56.2 Å². The third-order valence-electron chi connectivity index (χ3n) is 4.74. The monoisotopic (exact) mass is 397 g/mol. The molecule has 4 rings (SSSR count). The van der Waals surface area contributed by atoms with E-state index in [9.17, 15) is 4.79 Å². The van der Waals surface area contributed by atoms with Crippen LogP contribution in [0.2, 0.25) is 0 Å². The second kappa shape index (κ2) is 8.06. The summed E-state index contributed by atoms with van der Waals surface area (Å²) in [5, 5.41) is 4.03. The van der Waals surface area contributed by atoms with Gasteiger partial charge in [0.05, 0.1) is 23.9 Å². The summed E-state index contributed by atoms with van der Waals surface area (Å²) in [5.41, 5.74) is 2.24. The van der Waals surface area contributed by atoms with E-state index >= 15 is 0 Å². The molecule has 1 aliphatic heterocycles. The molecular formula is C21H23N3O3S. The SMILES string of the molecule is CCOc1cc(C(=O)Nc2ccc3nc(N4CCCC4)sc3c2)ccc1OC. The summed E-state index contributed by atoms with van der Waals surface area (Å²) in [5.74, 6) is 0.983. The predicted octanol–water partition coefficient (Wildman–Crippen LogP) is 4.56. The third-order valence-corrected chi connectivity index (χ3v) is 5.82. The van der Waals surface area contributed by atoms with E-state index < -0.39 is 0 Å². The Morgan fingerprint density at radius 2 is 2.00 bits per heavy atom. The number of methoxy groups -OCH3 is 1. The lowest BCUT2D eigenvalue weighted by molar-refractivity contribution is 0.102. The number of benzene rings is 2. The lowest BCUT2D eigenvalue weighted by Gasteiger charge is -2.11. The van der Waals surface area contributed by atoms with Crippen molar-refractivity contribution < 1.29 is 14.3 Å². The zero-order valence-corrected chi connectivity index (χ0v) is 16.8. The van der Waals surface area contributed by atoms with Gasteiger partial charge in [-0.2, -0.15) is 0 Å². The highest BCUT2D eigenvalue weighted by Crippen LogP contribution is 2.33. The average Bonchev–Trinajstić information content (AvgIpc) is 3.37. The Bertz CT molecular complexity index is 996. The van der Waals surface area contributed by atoms with Gasteiger partial charge in [0.2, 0.25) is 0 Å². The third kappa shape index (κ3) is 3.75. The molecule has 1 amide bonds. The van der Waals surface area contributed by atoms with Crippen LogP contribution in [-0.4, -0.2) is 37.7 Å². The Labute approximate surface area is 168 Å². The molecule has 0 spiro atoms. The fraction of sp³-hybridized carbons (Fsp3) is 0.333. The van der Waals surface area contributed by atoms with E-state index in [1.54, 1.807) is 36.6 Å². The topological polar surface area (TPSA) is 63.7 Å². The van der Waals surface area contributed by atoms with Crippen LogP contribution < -0.4 is 19.7 Å². The van der Waals surface area contributed by atoms with Gasteiger partial charge in [0, 0.05) is 24.3 Å². The van der Waals surface area contributed by atoms with Crippen molar-refractivity contribution in [2.24, 2.45) is 0 Å².